The number of fused-ring (bicyclic) bond motifs is 2. The predicted octanol–water partition coefficient (Wildman–Crippen LogP) is 5.28. The maximum absolute atomic E-state index is 13.8. The second kappa shape index (κ2) is 9.31. The van der Waals surface area contributed by atoms with E-state index >= 15 is 0 Å². The standard InChI is InChI=1S/C29H30FIN8O/c30-29-15-28(16-29,17-29)18-32-9-19-4-5-26-34-21(12-37(26)11-19)13-38-14-24(35-36-38)22-7-20(31)8-25-23(22)10-33-39(25)27-3-1-2-6-40-27/h4-5,7-8,10-12,14,27,32H,1-3,6,9,13,15-18H2. The third-order valence-corrected chi connectivity index (χ3v) is 9.34. The summed E-state index contributed by atoms with van der Waals surface area (Å²) >= 11 is 2.35. The van der Waals surface area contributed by atoms with Crippen LogP contribution >= 0.6 is 22.6 Å². The maximum atomic E-state index is 13.8. The fourth-order valence-electron chi connectivity index (χ4n) is 6.93. The fraction of sp³-hybridized carbons (Fsp3) is 0.448. The topological polar surface area (TPSA) is 87.1 Å². The second-order valence-electron chi connectivity index (χ2n) is 11.9. The monoisotopic (exact) mass is 652 g/mol. The molecule has 1 N–H and O–H groups in total. The highest BCUT2D eigenvalue weighted by Crippen LogP contribution is 2.69. The van der Waals surface area contributed by atoms with E-state index in [0.29, 0.717) is 6.54 Å². The first kappa shape index (κ1) is 24.9. The van der Waals surface area contributed by atoms with Crippen molar-refractivity contribution in [2.45, 2.75) is 63.5 Å². The number of alkyl halides is 1. The SMILES string of the molecule is FC12CC(CNCc3ccc4nc(Cn5cc(-c6cc(I)cc7c6cnn7C6CCCCO6)nn5)cn4c3)(C1)C2. The average Bonchev–Trinajstić information content (AvgIpc) is 3.65. The zero-order valence-electron chi connectivity index (χ0n) is 22.1. The summed E-state index contributed by atoms with van der Waals surface area (Å²) in [5, 5.41) is 18.2. The Kier molecular flexibility index (Phi) is 5.79. The molecule has 4 aliphatic rings. The van der Waals surface area contributed by atoms with Crippen LogP contribution in [0.5, 0.6) is 0 Å². The Balaban J connectivity index is 0.983. The molecule has 2 bridgehead atoms. The number of benzene rings is 1. The van der Waals surface area contributed by atoms with Crippen molar-refractivity contribution < 1.29 is 9.13 Å². The number of ether oxygens (including phenoxy) is 1. The van der Waals surface area contributed by atoms with Gasteiger partial charge >= 0.3 is 0 Å². The number of hydrogen-bond donors (Lipinski definition) is 1. The van der Waals surface area contributed by atoms with Gasteiger partial charge in [-0.2, -0.15) is 5.10 Å². The minimum Gasteiger partial charge on any atom is -0.356 e. The highest BCUT2D eigenvalue weighted by Gasteiger charge is 2.68. The van der Waals surface area contributed by atoms with Crippen LogP contribution in [0.4, 0.5) is 4.39 Å². The van der Waals surface area contributed by atoms with Crippen molar-refractivity contribution in [3.05, 3.63) is 63.9 Å². The Morgan fingerprint density at radius 1 is 1.12 bits per heavy atom. The first-order chi connectivity index (χ1) is 19.4. The lowest BCUT2D eigenvalue weighted by molar-refractivity contribution is -0.209. The zero-order chi connectivity index (χ0) is 26.9. The van der Waals surface area contributed by atoms with Crippen molar-refractivity contribution in [2.75, 3.05) is 13.2 Å². The molecule has 1 atom stereocenters. The van der Waals surface area contributed by atoms with Gasteiger partial charge in [0.05, 0.1) is 30.1 Å². The van der Waals surface area contributed by atoms with Crippen LogP contribution in [0.15, 0.2) is 49.1 Å². The smallest absolute Gasteiger partial charge is 0.150 e. The number of nitrogens with zero attached hydrogens (tertiary/aromatic N) is 7. The fourth-order valence-corrected chi connectivity index (χ4v) is 7.53. The number of nitrogens with one attached hydrogen (secondary N) is 1. The van der Waals surface area contributed by atoms with Crippen molar-refractivity contribution in [1.82, 2.24) is 39.5 Å². The lowest BCUT2D eigenvalue weighted by Gasteiger charge is -2.66. The third-order valence-electron chi connectivity index (χ3n) is 8.71. The zero-order valence-corrected chi connectivity index (χ0v) is 24.2. The van der Waals surface area contributed by atoms with Crippen molar-refractivity contribution in [3.8, 4) is 11.3 Å². The Bertz CT molecular complexity index is 1710. The van der Waals surface area contributed by atoms with E-state index in [1.54, 1.807) is 0 Å². The summed E-state index contributed by atoms with van der Waals surface area (Å²) in [7, 11) is 0. The van der Waals surface area contributed by atoms with E-state index in [2.05, 4.69) is 67.0 Å². The Morgan fingerprint density at radius 2 is 2.02 bits per heavy atom. The Labute approximate surface area is 244 Å². The van der Waals surface area contributed by atoms with E-state index in [0.717, 1.165) is 95.3 Å². The molecule has 1 aliphatic heterocycles. The molecular weight excluding hydrogens is 622 g/mol. The van der Waals surface area contributed by atoms with Crippen molar-refractivity contribution in [1.29, 1.82) is 0 Å². The van der Waals surface area contributed by atoms with Gasteiger partial charge in [0, 0.05) is 46.6 Å². The van der Waals surface area contributed by atoms with Crippen LogP contribution in [0, 0.1) is 8.99 Å². The normalized spacial score (nSPS) is 25.8. The van der Waals surface area contributed by atoms with Crippen molar-refractivity contribution in [2.24, 2.45) is 5.41 Å². The largest absolute Gasteiger partial charge is 0.356 e. The summed E-state index contributed by atoms with van der Waals surface area (Å²) in [6, 6.07) is 8.44. The summed E-state index contributed by atoms with van der Waals surface area (Å²) in [4.78, 5) is 4.79. The molecule has 206 valence electrons. The van der Waals surface area contributed by atoms with Crippen LogP contribution in [-0.2, 0) is 17.8 Å². The molecule has 0 radical (unpaired) electrons. The second-order valence-corrected chi connectivity index (χ2v) is 13.2. The van der Waals surface area contributed by atoms with Gasteiger partial charge in [-0.3, -0.25) is 0 Å². The quantitative estimate of drug-likeness (QED) is 0.230. The van der Waals surface area contributed by atoms with E-state index in [1.165, 1.54) is 5.56 Å². The predicted molar refractivity (Wildman–Crippen MR) is 156 cm³/mol. The van der Waals surface area contributed by atoms with Gasteiger partial charge in [-0.25, -0.2) is 18.7 Å². The minimum atomic E-state index is -0.836. The molecule has 3 aliphatic carbocycles. The van der Waals surface area contributed by atoms with Crippen LogP contribution in [-0.4, -0.2) is 53.0 Å². The molecule has 1 unspecified atom stereocenters. The van der Waals surface area contributed by atoms with Crippen LogP contribution in [0.3, 0.4) is 0 Å². The Hall–Kier alpha value is -2.90. The van der Waals surface area contributed by atoms with Gasteiger partial charge in [-0.1, -0.05) is 11.3 Å². The van der Waals surface area contributed by atoms with E-state index < -0.39 is 5.67 Å². The molecule has 9 rings (SSSR count). The van der Waals surface area contributed by atoms with Crippen molar-refractivity contribution in [3.63, 3.8) is 0 Å². The number of halogens is 2. The number of rotatable bonds is 8. The molecule has 5 heterocycles. The molecule has 11 heteroatoms. The number of pyridine rings is 1. The first-order valence-corrected chi connectivity index (χ1v) is 15.1. The van der Waals surface area contributed by atoms with Gasteiger partial charge in [-0.05, 0) is 90.3 Å². The van der Waals surface area contributed by atoms with Gasteiger partial charge in [-0.15, -0.1) is 5.10 Å². The highest BCUT2D eigenvalue weighted by molar-refractivity contribution is 14.1. The van der Waals surface area contributed by atoms with Crippen LogP contribution in [0.25, 0.3) is 27.8 Å². The molecule has 1 aromatic carbocycles. The summed E-state index contributed by atoms with van der Waals surface area (Å²) in [5.41, 5.74) is 5.26. The highest BCUT2D eigenvalue weighted by atomic mass is 127. The van der Waals surface area contributed by atoms with E-state index in [-0.39, 0.29) is 11.6 Å². The molecule has 1 saturated heterocycles. The third kappa shape index (κ3) is 4.33. The van der Waals surface area contributed by atoms with Crippen molar-refractivity contribution >= 4 is 39.1 Å². The number of aromatic nitrogens is 7. The summed E-state index contributed by atoms with van der Waals surface area (Å²) < 4.78 is 26.8. The molecule has 40 heavy (non-hydrogen) atoms. The van der Waals surface area contributed by atoms with Crippen LogP contribution in [0.1, 0.15) is 56.0 Å². The van der Waals surface area contributed by atoms with Crippen LogP contribution in [0.2, 0.25) is 0 Å². The maximum Gasteiger partial charge on any atom is 0.150 e. The Morgan fingerprint density at radius 3 is 2.85 bits per heavy atom. The molecule has 0 amide bonds. The minimum absolute atomic E-state index is 0.0174. The molecule has 4 aromatic heterocycles. The molecule has 0 spiro atoms. The molecule has 3 saturated carbocycles. The number of imidazole rings is 1. The number of hydrogen-bond acceptors (Lipinski definition) is 6. The first-order valence-electron chi connectivity index (χ1n) is 14.0. The van der Waals surface area contributed by atoms with Gasteiger partial charge in [0.15, 0.2) is 6.23 Å². The average molecular weight is 653 g/mol. The molecule has 4 fully saturated rings. The van der Waals surface area contributed by atoms with E-state index in [9.17, 15) is 4.39 Å². The van der Waals surface area contributed by atoms with Gasteiger partial charge in [0.1, 0.15) is 17.0 Å². The molecule has 5 aromatic rings. The van der Waals surface area contributed by atoms with Gasteiger partial charge < -0.3 is 14.5 Å². The van der Waals surface area contributed by atoms with Crippen LogP contribution < -0.4 is 5.32 Å². The summed E-state index contributed by atoms with van der Waals surface area (Å²) in [6.07, 6.45) is 13.5. The molecular formula is C29H30FIN8O. The summed E-state index contributed by atoms with van der Waals surface area (Å²) in [6.45, 7) is 2.96. The lowest BCUT2D eigenvalue weighted by Crippen LogP contribution is -2.67. The van der Waals surface area contributed by atoms with Gasteiger partial charge in [0.25, 0.3) is 0 Å². The summed E-state index contributed by atoms with van der Waals surface area (Å²) in [5.74, 6) is 0. The van der Waals surface area contributed by atoms with E-state index in [4.69, 9.17) is 14.8 Å². The lowest BCUT2D eigenvalue weighted by atomic mass is 9.42. The van der Waals surface area contributed by atoms with E-state index in [1.807, 2.05) is 34.0 Å². The molecule has 9 nitrogen and oxygen atoms in total. The van der Waals surface area contributed by atoms with Gasteiger partial charge in [0.2, 0.25) is 0 Å².